The summed E-state index contributed by atoms with van der Waals surface area (Å²) in [6.45, 7) is 6.55. The van der Waals surface area contributed by atoms with Crippen LogP contribution in [0, 0.1) is 13.8 Å². The predicted molar refractivity (Wildman–Crippen MR) is 131 cm³/mol. The lowest BCUT2D eigenvalue weighted by atomic mass is 10.2. The van der Waals surface area contributed by atoms with Crippen LogP contribution in [0.15, 0.2) is 27.8 Å². The van der Waals surface area contributed by atoms with Crippen molar-refractivity contribution in [1.29, 1.82) is 0 Å². The molecule has 2 N–H and O–H groups in total. The number of rotatable bonds is 7. The molecule has 1 amide bonds. The standard InChI is InChI=1S/C23H24ClN5O3S/c1-4-9-29(11-18-25-16-10-14(24)5-6-15(16)21(31)27-18)19(30)8-7-17-26-22(32)20-12(2)13(3)33-23(20)28-17/h5-6,10H,4,7-9,11H2,1-3H3,(H,25,27,31)(H,26,28,32). The monoisotopic (exact) mass is 485 g/mol. The number of H-pyrrole nitrogens is 2. The van der Waals surface area contributed by atoms with Crippen LogP contribution in [0.1, 0.15) is 41.9 Å². The van der Waals surface area contributed by atoms with Crippen LogP contribution in [0.5, 0.6) is 0 Å². The number of nitrogens with one attached hydrogen (secondary N) is 2. The molecule has 0 atom stereocenters. The van der Waals surface area contributed by atoms with Crippen LogP contribution >= 0.6 is 22.9 Å². The van der Waals surface area contributed by atoms with Gasteiger partial charge in [0.05, 0.1) is 22.8 Å². The zero-order valence-electron chi connectivity index (χ0n) is 18.6. The Morgan fingerprint density at radius 3 is 2.64 bits per heavy atom. The molecular formula is C23H24ClN5O3S. The van der Waals surface area contributed by atoms with Gasteiger partial charge in [0, 0.05) is 29.3 Å². The molecule has 0 aliphatic heterocycles. The number of amides is 1. The maximum absolute atomic E-state index is 13.0. The SMILES string of the molecule is CCCN(Cc1nc2cc(Cl)ccc2c(=O)[nH]1)C(=O)CCc1nc2sc(C)c(C)c2c(=O)[nH]1. The summed E-state index contributed by atoms with van der Waals surface area (Å²) in [5.41, 5.74) is 0.985. The lowest BCUT2D eigenvalue weighted by Gasteiger charge is -2.21. The van der Waals surface area contributed by atoms with Gasteiger partial charge in [-0.15, -0.1) is 11.3 Å². The van der Waals surface area contributed by atoms with Gasteiger partial charge in [0.15, 0.2) is 0 Å². The number of halogens is 1. The molecule has 0 bridgehead atoms. The van der Waals surface area contributed by atoms with Crippen molar-refractivity contribution < 1.29 is 4.79 Å². The molecular weight excluding hydrogens is 462 g/mol. The third kappa shape index (κ3) is 4.84. The first-order chi connectivity index (χ1) is 15.8. The number of nitrogens with zero attached hydrogens (tertiary/aromatic N) is 3. The molecule has 0 saturated carbocycles. The third-order valence-corrected chi connectivity index (χ3v) is 6.90. The average molecular weight is 486 g/mol. The quantitative estimate of drug-likeness (QED) is 0.412. The summed E-state index contributed by atoms with van der Waals surface area (Å²) in [6, 6.07) is 4.90. The van der Waals surface area contributed by atoms with Gasteiger partial charge in [-0.3, -0.25) is 14.4 Å². The Morgan fingerprint density at radius 2 is 1.88 bits per heavy atom. The van der Waals surface area contributed by atoms with Crippen LogP contribution in [0.25, 0.3) is 21.1 Å². The Balaban J connectivity index is 1.52. The van der Waals surface area contributed by atoms with E-state index >= 15 is 0 Å². The number of aromatic amines is 2. The second-order valence-corrected chi connectivity index (χ2v) is 9.61. The van der Waals surface area contributed by atoms with Gasteiger partial charge in [0.1, 0.15) is 16.5 Å². The number of aryl methyl sites for hydroxylation is 3. The molecule has 1 aromatic carbocycles. The first-order valence-corrected chi connectivity index (χ1v) is 11.9. The lowest BCUT2D eigenvalue weighted by Crippen LogP contribution is -2.33. The number of fused-ring (bicyclic) bond motifs is 2. The van der Waals surface area contributed by atoms with E-state index in [2.05, 4.69) is 19.9 Å². The molecule has 3 aromatic heterocycles. The molecule has 10 heteroatoms. The fourth-order valence-corrected chi connectivity index (χ4v) is 4.99. The molecule has 0 spiro atoms. The van der Waals surface area contributed by atoms with E-state index in [9.17, 15) is 14.4 Å². The van der Waals surface area contributed by atoms with Crippen LogP contribution < -0.4 is 11.1 Å². The van der Waals surface area contributed by atoms with Crippen LogP contribution in [0.3, 0.4) is 0 Å². The van der Waals surface area contributed by atoms with Gasteiger partial charge >= 0.3 is 0 Å². The molecule has 0 fully saturated rings. The first-order valence-electron chi connectivity index (χ1n) is 10.7. The van der Waals surface area contributed by atoms with Gasteiger partial charge in [-0.1, -0.05) is 18.5 Å². The topological polar surface area (TPSA) is 112 Å². The summed E-state index contributed by atoms with van der Waals surface area (Å²) in [5.74, 6) is 0.784. The molecule has 4 rings (SSSR count). The van der Waals surface area contributed by atoms with Crippen molar-refractivity contribution in [2.75, 3.05) is 6.54 Å². The Labute approximate surface area is 198 Å². The number of benzene rings is 1. The molecule has 172 valence electrons. The van der Waals surface area contributed by atoms with Gasteiger partial charge in [-0.2, -0.15) is 0 Å². The van der Waals surface area contributed by atoms with Crippen LogP contribution in [0.4, 0.5) is 0 Å². The second kappa shape index (κ2) is 9.44. The van der Waals surface area contributed by atoms with Crippen LogP contribution in [-0.4, -0.2) is 37.3 Å². The molecule has 3 heterocycles. The largest absolute Gasteiger partial charge is 0.335 e. The van der Waals surface area contributed by atoms with Crippen LogP contribution in [-0.2, 0) is 17.8 Å². The zero-order valence-corrected chi connectivity index (χ0v) is 20.2. The zero-order chi connectivity index (χ0) is 23.7. The minimum absolute atomic E-state index is 0.105. The van der Waals surface area contributed by atoms with Crippen molar-refractivity contribution in [2.24, 2.45) is 0 Å². The molecule has 0 aliphatic carbocycles. The van der Waals surface area contributed by atoms with Gasteiger partial charge in [-0.05, 0) is 44.0 Å². The molecule has 8 nitrogen and oxygen atoms in total. The average Bonchev–Trinajstić information content (AvgIpc) is 3.05. The van der Waals surface area contributed by atoms with E-state index in [0.717, 1.165) is 16.9 Å². The van der Waals surface area contributed by atoms with Gasteiger partial charge < -0.3 is 14.9 Å². The Hall–Kier alpha value is -3.04. The molecule has 4 aromatic rings. The summed E-state index contributed by atoms with van der Waals surface area (Å²) >= 11 is 7.52. The summed E-state index contributed by atoms with van der Waals surface area (Å²) in [4.78, 5) is 55.9. The number of carbonyl (C=O) groups excluding carboxylic acids is 1. The van der Waals surface area contributed by atoms with E-state index in [-0.39, 0.29) is 30.0 Å². The molecule has 0 unspecified atom stereocenters. The highest BCUT2D eigenvalue weighted by molar-refractivity contribution is 7.18. The molecule has 33 heavy (non-hydrogen) atoms. The second-order valence-electron chi connectivity index (χ2n) is 7.97. The van der Waals surface area contributed by atoms with E-state index in [1.807, 2.05) is 20.8 Å². The van der Waals surface area contributed by atoms with Crippen molar-refractivity contribution in [3.63, 3.8) is 0 Å². The highest BCUT2D eigenvalue weighted by Crippen LogP contribution is 2.25. The van der Waals surface area contributed by atoms with Gasteiger partial charge in [0.2, 0.25) is 5.91 Å². The number of aromatic nitrogens is 4. The van der Waals surface area contributed by atoms with Gasteiger partial charge in [0.25, 0.3) is 11.1 Å². The van der Waals surface area contributed by atoms with Crippen molar-refractivity contribution in [2.45, 2.75) is 46.6 Å². The number of carbonyl (C=O) groups is 1. The van der Waals surface area contributed by atoms with E-state index in [1.165, 1.54) is 11.3 Å². The molecule has 0 saturated heterocycles. The predicted octanol–water partition coefficient (Wildman–Crippen LogP) is 3.86. The third-order valence-electron chi connectivity index (χ3n) is 5.57. The van der Waals surface area contributed by atoms with Crippen molar-refractivity contribution in [3.8, 4) is 0 Å². The van der Waals surface area contributed by atoms with E-state index in [0.29, 0.717) is 50.8 Å². The van der Waals surface area contributed by atoms with E-state index in [4.69, 9.17) is 11.6 Å². The number of thiophene rings is 1. The van der Waals surface area contributed by atoms with Crippen LogP contribution in [0.2, 0.25) is 5.02 Å². The Bertz CT molecular complexity index is 1470. The summed E-state index contributed by atoms with van der Waals surface area (Å²) in [5, 5.41) is 1.55. The van der Waals surface area contributed by atoms with Crippen molar-refractivity contribution >= 4 is 50.0 Å². The van der Waals surface area contributed by atoms with Crippen molar-refractivity contribution in [1.82, 2.24) is 24.8 Å². The molecule has 0 aliphatic rings. The molecule has 0 radical (unpaired) electrons. The number of hydrogen-bond donors (Lipinski definition) is 2. The smallest absolute Gasteiger partial charge is 0.259 e. The summed E-state index contributed by atoms with van der Waals surface area (Å²) < 4.78 is 0. The Morgan fingerprint density at radius 1 is 1.12 bits per heavy atom. The number of hydrogen-bond acceptors (Lipinski definition) is 6. The maximum atomic E-state index is 13.0. The fraction of sp³-hybridized carbons (Fsp3) is 0.348. The first kappa shape index (κ1) is 23.1. The maximum Gasteiger partial charge on any atom is 0.259 e. The minimum atomic E-state index is -0.271. The Kier molecular flexibility index (Phi) is 6.62. The summed E-state index contributed by atoms with van der Waals surface area (Å²) in [7, 11) is 0. The van der Waals surface area contributed by atoms with Crippen molar-refractivity contribution in [3.05, 3.63) is 66.0 Å². The highest BCUT2D eigenvalue weighted by atomic mass is 35.5. The normalized spacial score (nSPS) is 11.4. The highest BCUT2D eigenvalue weighted by Gasteiger charge is 2.17. The summed E-state index contributed by atoms with van der Waals surface area (Å²) in [6.07, 6.45) is 1.25. The van der Waals surface area contributed by atoms with Gasteiger partial charge in [-0.25, -0.2) is 9.97 Å². The van der Waals surface area contributed by atoms with E-state index < -0.39 is 0 Å². The minimum Gasteiger partial charge on any atom is -0.335 e. The lowest BCUT2D eigenvalue weighted by molar-refractivity contribution is -0.132. The fourth-order valence-electron chi connectivity index (χ4n) is 3.78. The van der Waals surface area contributed by atoms with E-state index in [1.54, 1.807) is 23.1 Å².